The van der Waals surface area contributed by atoms with Crippen LogP contribution < -0.4 is 0 Å². The van der Waals surface area contributed by atoms with E-state index < -0.39 is 0 Å². The minimum atomic E-state index is -0.350. The zero-order valence-electron chi connectivity index (χ0n) is 28.6. The van der Waals surface area contributed by atoms with Gasteiger partial charge in [-0.2, -0.15) is 0 Å². The Balaban J connectivity index is 0.00000155. The van der Waals surface area contributed by atoms with Crippen molar-refractivity contribution < 1.29 is 19.3 Å². The molecule has 0 aromatic carbocycles. The molecule has 4 aliphatic rings. The first kappa shape index (κ1) is 36.0. The van der Waals surface area contributed by atoms with E-state index in [0.717, 1.165) is 43.7 Å². The molecular weight excluding hydrogens is 522 g/mol. The summed E-state index contributed by atoms with van der Waals surface area (Å²) in [6.45, 7) is 20.0. The fraction of sp³-hybridized carbons (Fsp3) is 0.946. The number of hydrogen-bond acceptors (Lipinski definition) is 5. The van der Waals surface area contributed by atoms with Crippen molar-refractivity contribution in [3.63, 3.8) is 0 Å². The van der Waals surface area contributed by atoms with Crippen molar-refractivity contribution in [2.24, 2.45) is 29.1 Å². The zero-order chi connectivity index (χ0) is 30.6. The van der Waals surface area contributed by atoms with Crippen LogP contribution in [0.5, 0.6) is 0 Å². The van der Waals surface area contributed by atoms with Crippen LogP contribution in [0.4, 0.5) is 0 Å². The predicted molar refractivity (Wildman–Crippen MR) is 176 cm³/mol. The fourth-order valence-corrected chi connectivity index (χ4v) is 9.09. The molecule has 4 rings (SSSR count). The molecule has 0 bridgehead atoms. The van der Waals surface area contributed by atoms with Gasteiger partial charge in [0.15, 0.2) is 0 Å². The van der Waals surface area contributed by atoms with Crippen molar-refractivity contribution in [1.29, 1.82) is 0 Å². The van der Waals surface area contributed by atoms with Gasteiger partial charge in [-0.25, -0.2) is 0 Å². The average molecular weight is 592 g/mol. The first-order valence-corrected chi connectivity index (χ1v) is 18.0. The number of nitrogens with zero attached hydrogens (tertiary/aromatic N) is 1. The largest absolute Gasteiger partial charge is 0.389 e. The lowest BCUT2D eigenvalue weighted by Crippen LogP contribution is -2.50. The lowest BCUT2D eigenvalue weighted by molar-refractivity contribution is -0.0866. The standard InChI is InChI=1S/C34H61NO4.C3H8/c1-6-30(36)15-18-33(4)16-8-7-12-29(33)25-28-11-9-17-34(19-14-26(28)2)27(3)32-31(39-34)13-10-20-35(32)21-22-38-24-23-37-5;1-3-2/h6,26-32,36H,1,7-25H2,2-5H3;3H2,1-2H3. The van der Waals surface area contributed by atoms with Crippen LogP contribution in [0.15, 0.2) is 12.7 Å². The summed E-state index contributed by atoms with van der Waals surface area (Å²) in [5.74, 6) is 2.97. The first-order chi connectivity index (χ1) is 20.2. The zero-order valence-corrected chi connectivity index (χ0v) is 28.6. The highest BCUT2D eigenvalue weighted by atomic mass is 16.5. The molecule has 1 N–H and O–H groups in total. The van der Waals surface area contributed by atoms with Gasteiger partial charge in [0.05, 0.1) is 37.6 Å². The Bertz CT molecular complexity index is 762. The molecule has 2 aliphatic heterocycles. The van der Waals surface area contributed by atoms with Crippen molar-refractivity contribution >= 4 is 0 Å². The number of likely N-dealkylation sites (tertiary alicyclic amines) is 1. The average Bonchev–Trinajstić information content (AvgIpc) is 3.27. The van der Waals surface area contributed by atoms with Crippen molar-refractivity contribution in [1.82, 2.24) is 4.90 Å². The maximum Gasteiger partial charge on any atom is 0.0742 e. The monoisotopic (exact) mass is 592 g/mol. The van der Waals surface area contributed by atoms with E-state index in [1.165, 1.54) is 90.0 Å². The summed E-state index contributed by atoms with van der Waals surface area (Å²) >= 11 is 0. The summed E-state index contributed by atoms with van der Waals surface area (Å²) in [5, 5.41) is 10.2. The van der Waals surface area contributed by atoms with Gasteiger partial charge in [0, 0.05) is 25.6 Å². The normalized spacial score (nSPS) is 38.2. The third-order valence-electron chi connectivity index (χ3n) is 11.8. The molecule has 42 heavy (non-hydrogen) atoms. The van der Waals surface area contributed by atoms with Crippen LogP contribution in [-0.4, -0.2) is 73.9 Å². The lowest BCUT2D eigenvalue weighted by Gasteiger charge is -2.45. The number of aliphatic hydroxyl groups is 1. The van der Waals surface area contributed by atoms with E-state index in [9.17, 15) is 5.11 Å². The van der Waals surface area contributed by atoms with Crippen LogP contribution >= 0.6 is 0 Å². The number of piperidine rings is 1. The van der Waals surface area contributed by atoms with E-state index in [-0.39, 0.29) is 11.7 Å². The molecule has 9 atom stereocenters. The van der Waals surface area contributed by atoms with Crippen LogP contribution in [0.1, 0.15) is 131 Å². The van der Waals surface area contributed by atoms with E-state index in [0.29, 0.717) is 36.7 Å². The molecule has 0 aromatic rings. The minimum absolute atomic E-state index is 0.0637. The van der Waals surface area contributed by atoms with E-state index in [4.69, 9.17) is 14.2 Å². The highest BCUT2D eigenvalue weighted by molar-refractivity contribution is 5.06. The van der Waals surface area contributed by atoms with Crippen molar-refractivity contribution in [3.8, 4) is 0 Å². The van der Waals surface area contributed by atoms with E-state index in [2.05, 4.69) is 46.1 Å². The van der Waals surface area contributed by atoms with Gasteiger partial charge < -0.3 is 19.3 Å². The van der Waals surface area contributed by atoms with Gasteiger partial charge >= 0.3 is 0 Å². The first-order valence-electron chi connectivity index (χ1n) is 18.0. The maximum atomic E-state index is 10.2. The van der Waals surface area contributed by atoms with Gasteiger partial charge in [0.2, 0.25) is 0 Å². The number of aliphatic hydroxyl groups excluding tert-OH is 1. The molecule has 2 saturated carbocycles. The molecule has 4 fully saturated rings. The Hall–Kier alpha value is -0.460. The Morgan fingerprint density at radius 3 is 2.52 bits per heavy atom. The molecule has 246 valence electrons. The van der Waals surface area contributed by atoms with E-state index >= 15 is 0 Å². The molecule has 2 heterocycles. The molecule has 2 aliphatic carbocycles. The summed E-state index contributed by atoms with van der Waals surface area (Å²) in [7, 11) is 1.73. The van der Waals surface area contributed by atoms with Crippen LogP contribution in [0.2, 0.25) is 0 Å². The molecule has 0 aromatic heterocycles. The lowest BCUT2D eigenvalue weighted by atomic mass is 9.60. The van der Waals surface area contributed by atoms with Gasteiger partial charge in [-0.3, -0.25) is 4.90 Å². The third kappa shape index (κ3) is 9.52. The number of fused-ring (bicyclic) bond motifs is 1. The van der Waals surface area contributed by atoms with Crippen molar-refractivity contribution in [3.05, 3.63) is 12.7 Å². The molecule has 9 unspecified atom stereocenters. The highest BCUT2D eigenvalue weighted by Gasteiger charge is 2.55. The van der Waals surface area contributed by atoms with Crippen molar-refractivity contribution in [2.75, 3.05) is 40.0 Å². The molecule has 0 radical (unpaired) electrons. The third-order valence-corrected chi connectivity index (χ3v) is 11.8. The Labute approximate surface area is 260 Å². The summed E-state index contributed by atoms with van der Waals surface area (Å²) in [6, 6.07) is 0.546. The Morgan fingerprint density at radius 1 is 1.00 bits per heavy atom. The molecule has 5 nitrogen and oxygen atoms in total. The van der Waals surface area contributed by atoms with Crippen molar-refractivity contribution in [2.45, 2.75) is 155 Å². The molecule has 2 saturated heterocycles. The van der Waals surface area contributed by atoms with Gasteiger partial charge in [0.1, 0.15) is 0 Å². The summed E-state index contributed by atoms with van der Waals surface area (Å²) < 4.78 is 18.1. The van der Waals surface area contributed by atoms with E-state index in [1.807, 2.05) is 0 Å². The highest BCUT2D eigenvalue weighted by Crippen LogP contribution is 2.52. The van der Waals surface area contributed by atoms with Crippen LogP contribution in [0, 0.1) is 29.1 Å². The fourth-order valence-electron chi connectivity index (χ4n) is 9.09. The molecular formula is C37H69NO4. The van der Waals surface area contributed by atoms with Crippen LogP contribution in [0.3, 0.4) is 0 Å². The summed E-state index contributed by atoms with van der Waals surface area (Å²) in [5.41, 5.74) is 0.440. The predicted octanol–water partition coefficient (Wildman–Crippen LogP) is 8.43. The number of ether oxygens (including phenoxy) is 3. The second kappa shape index (κ2) is 17.9. The SMILES string of the molecule is C=CC(O)CCC1(C)CCCCC1CC1CCCC2(CCC1C)OC1CCCN(CCOCCOC)C1C2C.CCC. The maximum absolute atomic E-state index is 10.2. The Kier molecular flexibility index (Phi) is 15.3. The molecule has 0 amide bonds. The molecule has 1 spiro atoms. The minimum Gasteiger partial charge on any atom is -0.389 e. The number of methoxy groups -OCH3 is 1. The summed E-state index contributed by atoms with van der Waals surface area (Å²) in [4.78, 5) is 2.69. The smallest absolute Gasteiger partial charge is 0.0742 e. The topological polar surface area (TPSA) is 51.2 Å². The van der Waals surface area contributed by atoms with Gasteiger partial charge in [-0.1, -0.05) is 72.8 Å². The second-order valence-electron chi connectivity index (χ2n) is 14.8. The van der Waals surface area contributed by atoms with E-state index in [1.54, 1.807) is 13.2 Å². The van der Waals surface area contributed by atoms with Gasteiger partial charge in [-0.05, 0) is 93.9 Å². The molecule has 5 heteroatoms. The quantitative estimate of drug-likeness (QED) is 0.182. The second-order valence-corrected chi connectivity index (χ2v) is 14.8. The number of rotatable bonds is 12. The summed E-state index contributed by atoms with van der Waals surface area (Å²) in [6.07, 6.45) is 20.7. The number of hydrogen-bond donors (Lipinski definition) is 1. The van der Waals surface area contributed by atoms with Gasteiger partial charge in [-0.15, -0.1) is 6.58 Å². The Morgan fingerprint density at radius 2 is 1.79 bits per heavy atom. The van der Waals surface area contributed by atoms with Crippen LogP contribution in [0.25, 0.3) is 0 Å². The van der Waals surface area contributed by atoms with Crippen LogP contribution in [-0.2, 0) is 14.2 Å². The van der Waals surface area contributed by atoms with Gasteiger partial charge in [0.25, 0.3) is 0 Å².